The number of likely N-dealkylation sites (N-methyl/N-ethyl adjacent to an activating group) is 1. The molecule has 1 aliphatic carbocycles. The second-order valence-corrected chi connectivity index (χ2v) is 4.87. The Morgan fingerprint density at radius 3 is 2.56 bits per heavy atom. The lowest BCUT2D eigenvalue weighted by Gasteiger charge is -2.51. The van der Waals surface area contributed by atoms with Gasteiger partial charge in [-0.05, 0) is 50.8 Å². The van der Waals surface area contributed by atoms with E-state index in [1.54, 1.807) is 0 Å². The summed E-state index contributed by atoms with van der Waals surface area (Å²) in [6.45, 7) is 6.18. The highest BCUT2D eigenvalue weighted by atomic mass is 15.2. The van der Waals surface area contributed by atoms with E-state index in [9.17, 15) is 0 Å². The lowest BCUT2D eigenvalue weighted by atomic mass is 9.75. The van der Waals surface area contributed by atoms with Gasteiger partial charge in [0, 0.05) is 18.8 Å². The number of nitrogens with zero attached hydrogens (tertiary/aromatic N) is 1. The number of aryl methyl sites for hydroxylation is 1. The smallest absolute Gasteiger partial charge is 0.0524 e. The Kier molecular flexibility index (Phi) is 3.20. The highest BCUT2D eigenvalue weighted by Gasteiger charge is 2.40. The summed E-state index contributed by atoms with van der Waals surface area (Å²) in [6.07, 6.45) is 3.80. The van der Waals surface area contributed by atoms with E-state index in [0.29, 0.717) is 0 Å². The third-order valence-electron chi connectivity index (χ3n) is 3.87. The molecular formula is C14H22N2. The van der Waals surface area contributed by atoms with Crippen molar-refractivity contribution in [2.24, 2.45) is 5.73 Å². The Morgan fingerprint density at radius 2 is 2.12 bits per heavy atom. The Labute approximate surface area is 98.4 Å². The molecular weight excluding hydrogens is 196 g/mol. The van der Waals surface area contributed by atoms with Crippen LogP contribution in [0.2, 0.25) is 0 Å². The molecule has 1 aromatic rings. The fourth-order valence-electron chi connectivity index (χ4n) is 2.76. The second kappa shape index (κ2) is 4.46. The van der Waals surface area contributed by atoms with Crippen LogP contribution in [0.15, 0.2) is 24.3 Å². The van der Waals surface area contributed by atoms with Crippen LogP contribution in [-0.4, -0.2) is 18.6 Å². The van der Waals surface area contributed by atoms with Crippen molar-refractivity contribution in [3.05, 3.63) is 29.8 Å². The largest absolute Gasteiger partial charge is 0.365 e. The average Bonchev–Trinajstić information content (AvgIpc) is 2.23. The minimum Gasteiger partial charge on any atom is -0.365 e. The van der Waals surface area contributed by atoms with Crippen LogP contribution in [0.3, 0.4) is 0 Å². The van der Waals surface area contributed by atoms with Crippen molar-refractivity contribution < 1.29 is 0 Å². The quantitative estimate of drug-likeness (QED) is 0.842. The predicted octanol–water partition coefficient (Wildman–Crippen LogP) is 2.70. The Morgan fingerprint density at radius 1 is 1.38 bits per heavy atom. The molecule has 0 spiro atoms. The van der Waals surface area contributed by atoms with Crippen molar-refractivity contribution in [2.75, 3.05) is 18.0 Å². The summed E-state index contributed by atoms with van der Waals surface area (Å²) in [6, 6.07) is 8.74. The monoisotopic (exact) mass is 218 g/mol. The van der Waals surface area contributed by atoms with Crippen LogP contribution >= 0.6 is 0 Å². The van der Waals surface area contributed by atoms with Crippen LogP contribution in [0.5, 0.6) is 0 Å². The fraction of sp³-hybridized carbons (Fsp3) is 0.571. The van der Waals surface area contributed by atoms with Crippen LogP contribution in [0, 0.1) is 6.92 Å². The van der Waals surface area contributed by atoms with E-state index in [-0.39, 0.29) is 5.54 Å². The van der Waals surface area contributed by atoms with Crippen LogP contribution in [0.1, 0.15) is 31.7 Å². The van der Waals surface area contributed by atoms with Crippen LogP contribution in [0.4, 0.5) is 5.69 Å². The molecule has 0 amide bonds. The van der Waals surface area contributed by atoms with E-state index in [1.165, 1.54) is 30.5 Å². The zero-order chi connectivity index (χ0) is 11.6. The summed E-state index contributed by atoms with van der Waals surface area (Å²) < 4.78 is 0. The molecule has 0 bridgehead atoms. The van der Waals surface area contributed by atoms with Gasteiger partial charge in [-0.2, -0.15) is 0 Å². The third-order valence-corrected chi connectivity index (χ3v) is 3.87. The van der Waals surface area contributed by atoms with Crippen molar-refractivity contribution in [2.45, 2.75) is 38.6 Å². The first-order valence-electron chi connectivity index (χ1n) is 6.26. The maximum atomic E-state index is 5.98. The molecule has 2 N–H and O–H groups in total. The summed E-state index contributed by atoms with van der Waals surface area (Å²) in [5, 5.41) is 0. The molecule has 2 heteroatoms. The molecule has 1 aromatic carbocycles. The Bertz CT molecular complexity index is 350. The Hall–Kier alpha value is -1.02. The SMILES string of the molecule is CCN(c1cccc(C)c1)C1(CN)CCC1. The first-order chi connectivity index (χ1) is 7.72. The van der Waals surface area contributed by atoms with Gasteiger partial charge in [0.05, 0.1) is 5.54 Å². The van der Waals surface area contributed by atoms with Crippen molar-refractivity contribution >= 4 is 5.69 Å². The average molecular weight is 218 g/mol. The van der Waals surface area contributed by atoms with E-state index in [1.807, 2.05) is 0 Å². The zero-order valence-corrected chi connectivity index (χ0v) is 10.4. The number of hydrogen-bond donors (Lipinski definition) is 1. The van der Waals surface area contributed by atoms with E-state index in [2.05, 4.69) is 43.0 Å². The lowest BCUT2D eigenvalue weighted by molar-refractivity contribution is 0.238. The van der Waals surface area contributed by atoms with E-state index >= 15 is 0 Å². The molecule has 0 saturated heterocycles. The molecule has 0 unspecified atom stereocenters. The van der Waals surface area contributed by atoms with Gasteiger partial charge in [-0.3, -0.25) is 0 Å². The summed E-state index contributed by atoms with van der Waals surface area (Å²) in [5.41, 5.74) is 8.87. The molecule has 0 atom stereocenters. The van der Waals surface area contributed by atoms with Gasteiger partial charge >= 0.3 is 0 Å². The molecule has 1 fully saturated rings. The normalized spacial score (nSPS) is 17.9. The highest BCUT2D eigenvalue weighted by Crippen LogP contribution is 2.39. The molecule has 0 aliphatic heterocycles. The van der Waals surface area contributed by atoms with Gasteiger partial charge in [0.15, 0.2) is 0 Å². The lowest BCUT2D eigenvalue weighted by Crippen LogP contribution is -2.58. The van der Waals surface area contributed by atoms with Gasteiger partial charge in [0.25, 0.3) is 0 Å². The van der Waals surface area contributed by atoms with E-state index in [0.717, 1.165) is 13.1 Å². The summed E-state index contributed by atoms with van der Waals surface area (Å²) in [7, 11) is 0. The van der Waals surface area contributed by atoms with Gasteiger partial charge in [0.2, 0.25) is 0 Å². The number of hydrogen-bond acceptors (Lipinski definition) is 2. The highest BCUT2D eigenvalue weighted by molar-refractivity contribution is 5.51. The zero-order valence-electron chi connectivity index (χ0n) is 10.4. The number of anilines is 1. The van der Waals surface area contributed by atoms with Crippen LogP contribution < -0.4 is 10.6 Å². The number of benzene rings is 1. The van der Waals surface area contributed by atoms with Gasteiger partial charge in [-0.15, -0.1) is 0 Å². The van der Waals surface area contributed by atoms with Crippen LogP contribution in [0.25, 0.3) is 0 Å². The standard InChI is InChI=1S/C14H22N2/c1-3-16(14(11-15)8-5-9-14)13-7-4-6-12(2)10-13/h4,6-7,10H,3,5,8-9,11,15H2,1-2H3. The summed E-state index contributed by atoms with van der Waals surface area (Å²) in [4.78, 5) is 2.49. The van der Waals surface area contributed by atoms with Gasteiger partial charge < -0.3 is 10.6 Å². The van der Waals surface area contributed by atoms with Gasteiger partial charge in [0.1, 0.15) is 0 Å². The van der Waals surface area contributed by atoms with Gasteiger partial charge in [-0.25, -0.2) is 0 Å². The van der Waals surface area contributed by atoms with Crippen molar-refractivity contribution in [1.29, 1.82) is 0 Å². The topological polar surface area (TPSA) is 29.3 Å². The van der Waals surface area contributed by atoms with Gasteiger partial charge in [-0.1, -0.05) is 12.1 Å². The molecule has 0 radical (unpaired) electrons. The number of rotatable bonds is 4. The van der Waals surface area contributed by atoms with Crippen molar-refractivity contribution in [3.8, 4) is 0 Å². The second-order valence-electron chi connectivity index (χ2n) is 4.87. The molecule has 16 heavy (non-hydrogen) atoms. The van der Waals surface area contributed by atoms with Crippen molar-refractivity contribution in [1.82, 2.24) is 0 Å². The molecule has 2 nitrogen and oxygen atoms in total. The van der Waals surface area contributed by atoms with E-state index in [4.69, 9.17) is 5.73 Å². The maximum Gasteiger partial charge on any atom is 0.0524 e. The number of nitrogens with two attached hydrogens (primary N) is 1. The third kappa shape index (κ3) is 1.82. The molecule has 1 saturated carbocycles. The molecule has 0 aromatic heterocycles. The summed E-state index contributed by atoms with van der Waals surface area (Å²) >= 11 is 0. The molecule has 0 heterocycles. The molecule has 1 aliphatic rings. The fourth-order valence-corrected chi connectivity index (χ4v) is 2.76. The minimum absolute atomic E-state index is 0.239. The maximum absolute atomic E-state index is 5.98. The van der Waals surface area contributed by atoms with Crippen molar-refractivity contribution in [3.63, 3.8) is 0 Å². The molecule has 88 valence electrons. The minimum atomic E-state index is 0.239. The first kappa shape index (κ1) is 11.5. The first-order valence-corrected chi connectivity index (χ1v) is 6.26. The Balaban J connectivity index is 2.28. The molecule has 2 rings (SSSR count). The predicted molar refractivity (Wildman–Crippen MR) is 69.8 cm³/mol. The van der Waals surface area contributed by atoms with E-state index < -0.39 is 0 Å². The van der Waals surface area contributed by atoms with Crippen LogP contribution in [-0.2, 0) is 0 Å². The summed E-state index contributed by atoms with van der Waals surface area (Å²) in [5.74, 6) is 0.